The monoisotopic (exact) mass is 437 g/mol. The predicted octanol–water partition coefficient (Wildman–Crippen LogP) is 4.23. The summed E-state index contributed by atoms with van der Waals surface area (Å²) in [6.45, 7) is 5.50. The van der Waals surface area contributed by atoms with Crippen LogP contribution in [-0.4, -0.2) is 37.7 Å². The normalized spacial score (nSPS) is 16.5. The Morgan fingerprint density at radius 3 is 2.34 bits per heavy atom. The molecular weight excluding hydrogens is 406 g/mol. The Morgan fingerprint density at radius 2 is 1.66 bits per heavy atom. The summed E-state index contributed by atoms with van der Waals surface area (Å²) in [4.78, 5) is 24.7. The van der Waals surface area contributed by atoms with E-state index in [9.17, 15) is 9.59 Å². The van der Waals surface area contributed by atoms with Gasteiger partial charge in [-0.05, 0) is 68.7 Å². The van der Waals surface area contributed by atoms with Crippen molar-refractivity contribution in [3.05, 3.63) is 53.6 Å². The van der Waals surface area contributed by atoms with Crippen LogP contribution in [0.4, 0.5) is 10.5 Å². The highest BCUT2D eigenvalue weighted by Gasteiger charge is 2.37. The van der Waals surface area contributed by atoms with Crippen LogP contribution in [-0.2, 0) is 5.41 Å². The summed E-state index contributed by atoms with van der Waals surface area (Å²) in [5, 5.41) is 8.67. The van der Waals surface area contributed by atoms with Gasteiger partial charge >= 0.3 is 6.03 Å². The molecule has 0 unspecified atom stereocenters. The number of benzene rings is 2. The highest BCUT2D eigenvalue weighted by atomic mass is 16.6. The van der Waals surface area contributed by atoms with E-state index in [0.29, 0.717) is 31.0 Å². The van der Waals surface area contributed by atoms with Gasteiger partial charge in [0, 0.05) is 29.3 Å². The fraction of sp³-hybridized carbons (Fsp3) is 0.440. The third-order valence-electron chi connectivity index (χ3n) is 6.13. The molecule has 0 spiro atoms. The first-order valence-corrected chi connectivity index (χ1v) is 11.3. The molecule has 0 saturated heterocycles. The number of urea groups is 1. The maximum Gasteiger partial charge on any atom is 0.319 e. The minimum atomic E-state index is -0.264. The number of anilines is 1. The first-order chi connectivity index (χ1) is 15.4. The second-order valence-electron chi connectivity index (χ2n) is 8.86. The van der Waals surface area contributed by atoms with Gasteiger partial charge in [0.15, 0.2) is 11.5 Å². The van der Waals surface area contributed by atoms with Crippen LogP contribution in [0.3, 0.4) is 0 Å². The van der Waals surface area contributed by atoms with Crippen LogP contribution < -0.4 is 25.4 Å². The van der Waals surface area contributed by atoms with E-state index in [0.717, 1.165) is 37.2 Å². The fourth-order valence-electron chi connectivity index (χ4n) is 4.48. The quantitative estimate of drug-likeness (QED) is 0.631. The number of amides is 3. The average Bonchev–Trinajstić information content (AvgIpc) is 3.27. The van der Waals surface area contributed by atoms with Crippen molar-refractivity contribution in [3.8, 4) is 11.5 Å². The van der Waals surface area contributed by atoms with Gasteiger partial charge < -0.3 is 25.4 Å². The van der Waals surface area contributed by atoms with Gasteiger partial charge in [-0.25, -0.2) is 4.79 Å². The molecule has 7 nitrogen and oxygen atoms in total. The van der Waals surface area contributed by atoms with Gasteiger partial charge in [0.05, 0.1) is 0 Å². The van der Waals surface area contributed by atoms with Crippen molar-refractivity contribution >= 4 is 17.6 Å². The van der Waals surface area contributed by atoms with E-state index >= 15 is 0 Å². The predicted molar refractivity (Wildman–Crippen MR) is 124 cm³/mol. The van der Waals surface area contributed by atoms with Gasteiger partial charge in [-0.15, -0.1) is 0 Å². The molecule has 32 heavy (non-hydrogen) atoms. The molecule has 1 aliphatic carbocycles. The standard InChI is InChI=1S/C25H31N3O4/c1-17(2)27-24(30)28-20-8-5-18(6-9-20)23(29)26-16-25(11-3-4-12-25)19-7-10-21-22(15-19)32-14-13-31-21/h5-10,15,17H,3-4,11-14,16H2,1-2H3,(H,26,29)(H2,27,28,30). The maximum atomic E-state index is 12.8. The number of fused-ring (bicyclic) bond motifs is 1. The van der Waals surface area contributed by atoms with Crippen molar-refractivity contribution < 1.29 is 19.1 Å². The topological polar surface area (TPSA) is 88.7 Å². The summed E-state index contributed by atoms with van der Waals surface area (Å²) in [5.41, 5.74) is 2.30. The van der Waals surface area contributed by atoms with Gasteiger partial charge in [-0.1, -0.05) is 18.9 Å². The lowest BCUT2D eigenvalue weighted by Gasteiger charge is -2.31. The molecule has 2 aromatic rings. The summed E-state index contributed by atoms with van der Waals surface area (Å²) < 4.78 is 11.4. The molecule has 170 valence electrons. The summed E-state index contributed by atoms with van der Waals surface area (Å²) in [7, 11) is 0. The minimum Gasteiger partial charge on any atom is -0.486 e. The van der Waals surface area contributed by atoms with Gasteiger partial charge in [0.2, 0.25) is 0 Å². The Labute approximate surface area is 188 Å². The van der Waals surface area contributed by atoms with Gasteiger partial charge in [0.25, 0.3) is 5.91 Å². The second-order valence-corrected chi connectivity index (χ2v) is 8.86. The Kier molecular flexibility index (Phi) is 6.53. The number of rotatable bonds is 6. The van der Waals surface area contributed by atoms with Gasteiger partial charge in [0.1, 0.15) is 13.2 Å². The molecule has 3 amide bonds. The van der Waals surface area contributed by atoms with E-state index in [2.05, 4.69) is 28.1 Å². The lowest BCUT2D eigenvalue weighted by atomic mass is 9.78. The molecule has 0 bridgehead atoms. The molecule has 4 rings (SSSR count). The average molecular weight is 438 g/mol. The first-order valence-electron chi connectivity index (χ1n) is 11.3. The Bertz CT molecular complexity index is 966. The van der Waals surface area contributed by atoms with Crippen LogP contribution in [0.5, 0.6) is 11.5 Å². The highest BCUT2D eigenvalue weighted by Crippen LogP contribution is 2.43. The SMILES string of the molecule is CC(C)NC(=O)Nc1ccc(C(=O)NCC2(c3ccc4c(c3)OCCO4)CCCC2)cc1. The van der Waals surface area contributed by atoms with E-state index in [1.54, 1.807) is 24.3 Å². The molecule has 3 N–H and O–H groups in total. The van der Waals surface area contributed by atoms with Crippen molar-refractivity contribution in [2.24, 2.45) is 0 Å². The third kappa shape index (κ3) is 4.98. The number of ether oxygens (including phenoxy) is 2. The van der Waals surface area contributed by atoms with Crippen molar-refractivity contribution in [2.75, 3.05) is 25.1 Å². The molecular formula is C25H31N3O4. The number of carbonyl (C=O) groups is 2. The van der Waals surface area contributed by atoms with E-state index < -0.39 is 0 Å². The smallest absolute Gasteiger partial charge is 0.319 e. The van der Waals surface area contributed by atoms with Crippen molar-refractivity contribution in [1.82, 2.24) is 10.6 Å². The third-order valence-corrected chi connectivity index (χ3v) is 6.13. The molecule has 0 radical (unpaired) electrons. The number of carbonyl (C=O) groups excluding carboxylic acids is 2. The van der Waals surface area contributed by atoms with Crippen LogP contribution in [0.2, 0.25) is 0 Å². The zero-order valence-electron chi connectivity index (χ0n) is 18.7. The van der Waals surface area contributed by atoms with Crippen LogP contribution in [0.25, 0.3) is 0 Å². The highest BCUT2D eigenvalue weighted by molar-refractivity contribution is 5.95. The Balaban J connectivity index is 1.41. The Hall–Kier alpha value is -3.22. The lowest BCUT2D eigenvalue weighted by molar-refractivity contribution is 0.0943. The fourth-order valence-corrected chi connectivity index (χ4v) is 4.48. The van der Waals surface area contributed by atoms with E-state index in [1.807, 2.05) is 19.9 Å². The lowest BCUT2D eigenvalue weighted by Crippen LogP contribution is -2.39. The summed E-state index contributed by atoms with van der Waals surface area (Å²) in [6.07, 6.45) is 4.34. The maximum absolute atomic E-state index is 12.8. The minimum absolute atomic E-state index is 0.0529. The number of hydrogen-bond acceptors (Lipinski definition) is 4. The largest absolute Gasteiger partial charge is 0.486 e. The van der Waals surface area contributed by atoms with Crippen LogP contribution in [0.15, 0.2) is 42.5 Å². The summed E-state index contributed by atoms with van der Waals surface area (Å²) in [6, 6.07) is 12.9. The molecule has 1 fully saturated rings. The van der Waals surface area contributed by atoms with Crippen molar-refractivity contribution in [2.45, 2.75) is 51.0 Å². The molecule has 0 atom stereocenters. The van der Waals surface area contributed by atoms with Crippen LogP contribution in [0, 0.1) is 0 Å². The summed E-state index contributed by atoms with van der Waals surface area (Å²) in [5.74, 6) is 1.45. The molecule has 2 aliphatic rings. The van der Waals surface area contributed by atoms with Crippen molar-refractivity contribution in [3.63, 3.8) is 0 Å². The molecule has 1 heterocycles. The number of nitrogens with one attached hydrogen (secondary N) is 3. The van der Waals surface area contributed by atoms with Gasteiger partial charge in [-0.3, -0.25) is 4.79 Å². The number of hydrogen-bond donors (Lipinski definition) is 3. The van der Waals surface area contributed by atoms with E-state index in [4.69, 9.17) is 9.47 Å². The molecule has 1 aliphatic heterocycles. The van der Waals surface area contributed by atoms with E-state index in [1.165, 1.54) is 5.56 Å². The molecule has 2 aromatic carbocycles. The zero-order chi connectivity index (χ0) is 22.6. The van der Waals surface area contributed by atoms with Crippen LogP contribution in [0.1, 0.15) is 55.5 Å². The van der Waals surface area contributed by atoms with Gasteiger partial charge in [-0.2, -0.15) is 0 Å². The van der Waals surface area contributed by atoms with E-state index in [-0.39, 0.29) is 23.4 Å². The molecule has 0 aromatic heterocycles. The van der Waals surface area contributed by atoms with Crippen molar-refractivity contribution in [1.29, 1.82) is 0 Å². The first kappa shape index (κ1) is 22.0. The van der Waals surface area contributed by atoms with Crippen LogP contribution >= 0.6 is 0 Å². The molecule has 1 saturated carbocycles. The molecule has 7 heteroatoms. The Morgan fingerprint density at radius 1 is 0.969 bits per heavy atom. The second kappa shape index (κ2) is 9.51. The summed E-state index contributed by atoms with van der Waals surface area (Å²) >= 11 is 0. The zero-order valence-corrected chi connectivity index (χ0v) is 18.7.